The van der Waals surface area contributed by atoms with Gasteiger partial charge < -0.3 is 14.0 Å². The van der Waals surface area contributed by atoms with E-state index in [1.54, 1.807) is 20.3 Å². The molecule has 31 heavy (non-hydrogen) atoms. The Morgan fingerprint density at radius 2 is 1.97 bits per heavy atom. The minimum absolute atomic E-state index is 0.143. The number of hydrogen-bond acceptors (Lipinski definition) is 7. The van der Waals surface area contributed by atoms with Crippen LogP contribution in [0.4, 0.5) is 0 Å². The topological polar surface area (TPSA) is 90.6 Å². The average molecular weight is 460 g/mol. The molecule has 0 spiro atoms. The van der Waals surface area contributed by atoms with Crippen molar-refractivity contribution in [2.75, 3.05) is 20.0 Å². The quantitative estimate of drug-likeness (QED) is 0.296. The fraction of sp³-hybridized carbons (Fsp3) is 0.238. The molecule has 1 aromatic heterocycles. The molecule has 1 N–H and O–H groups in total. The zero-order valence-corrected chi connectivity index (χ0v) is 18.9. The van der Waals surface area contributed by atoms with Gasteiger partial charge in [0.2, 0.25) is 0 Å². The molecule has 0 aliphatic rings. The maximum absolute atomic E-state index is 12.2. The molecule has 0 saturated heterocycles. The van der Waals surface area contributed by atoms with Crippen LogP contribution >= 0.6 is 23.4 Å². The number of methoxy groups -OCH3 is 2. The number of carbonyl (C=O) groups is 1. The van der Waals surface area contributed by atoms with E-state index in [4.69, 9.17) is 21.1 Å². The summed E-state index contributed by atoms with van der Waals surface area (Å²) in [6.07, 6.45) is 1.51. The minimum Gasteiger partial charge on any atom is -0.493 e. The SMILES string of the molecule is CCn1c(SCC(=O)NN=Cc2ccccc2Cl)nnc1-c1ccc(OC)c(OC)c1. The van der Waals surface area contributed by atoms with Crippen LogP contribution in [-0.2, 0) is 11.3 Å². The van der Waals surface area contributed by atoms with Gasteiger partial charge in [-0.1, -0.05) is 41.6 Å². The van der Waals surface area contributed by atoms with Crippen LogP contribution in [0, 0.1) is 0 Å². The Morgan fingerprint density at radius 3 is 2.68 bits per heavy atom. The van der Waals surface area contributed by atoms with Crippen LogP contribution < -0.4 is 14.9 Å². The van der Waals surface area contributed by atoms with Gasteiger partial charge in [-0.05, 0) is 31.2 Å². The second-order valence-corrected chi connectivity index (χ2v) is 7.57. The fourth-order valence-electron chi connectivity index (χ4n) is 2.79. The van der Waals surface area contributed by atoms with Gasteiger partial charge in [0.25, 0.3) is 5.91 Å². The summed E-state index contributed by atoms with van der Waals surface area (Å²) in [5, 5.41) is 13.7. The lowest BCUT2D eigenvalue weighted by Crippen LogP contribution is -2.20. The Morgan fingerprint density at radius 1 is 1.19 bits per heavy atom. The van der Waals surface area contributed by atoms with E-state index in [0.29, 0.717) is 34.0 Å². The van der Waals surface area contributed by atoms with Gasteiger partial charge in [-0.25, -0.2) is 5.43 Å². The van der Waals surface area contributed by atoms with E-state index >= 15 is 0 Å². The molecule has 3 aromatic rings. The van der Waals surface area contributed by atoms with E-state index in [2.05, 4.69) is 20.7 Å². The smallest absolute Gasteiger partial charge is 0.250 e. The van der Waals surface area contributed by atoms with E-state index in [-0.39, 0.29) is 11.7 Å². The molecular weight excluding hydrogens is 438 g/mol. The van der Waals surface area contributed by atoms with E-state index < -0.39 is 0 Å². The third kappa shape index (κ3) is 5.56. The summed E-state index contributed by atoms with van der Waals surface area (Å²) < 4.78 is 12.6. The van der Waals surface area contributed by atoms with Crippen molar-refractivity contribution in [1.82, 2.24) is 20.2 Å². The van der Waals surface area contributed by atoms with Gasteiger partial charge in [-0.3, -0.25) is 4.79 Å². The lowest BCUT2D eigenvalue weighted by Gasteiger charge is -2.10. The molecule has 0 bridgehead atoms. The van der Waals surface area contributed by atoms with Gasteiger partial charge in [0.15, 0.2) is 22.5 Å². The minimum atomic E-state index is -0.258. The second-order valence-electron chi connectivity index (χ2n) is 6.22. The number of thioether (sulfide) groups is 1. The van der Waals surface area contributed by atoms with Crippen LogP contribution in [-0.4, -0.2) is 46.9 Å². The highest BCUT2D eigenvalue weighted by molar-refractivity contribution is 7.99. The third-order valence-corrected chi connectivity index (χ3v) is 5.62. The maximum atomic E-state index is 12.2. The molecule has 0 aliphatic carbocycles. The molecule has 0 fully saturated rings. The Balaban J connectivity index is 1.66. The maximum Gasteiger partial charge on any atom is 0.250 e. The summed E-state index contributed by atoms with van der Waals surface area (Å²) in [6.45, 7) is 2.64. The number of nitrogens with zero attached hydrogens (tertiary/aromatic N) is 4. The number of ether oxygens (including phenoxy) is 2. The second kappa shape index (κ2) is 10.8. The van der Waals surface area contributed by atoms with Crippen LogP contribution in [0.1, 0.15) is 12.5 Å². The highest BCUT2D eigenvalue weighted by Gasteiger charge is 2.16. The zero-order valence-electron chi connectivity index (χ0n) is 17.3. The Kier molecular flexibility index (Phi) is 7.91. The Hall–Kier alpha value is -3.04. The summed E-state index contributed by atoms with van der Waals surface area (Å²) in [5.41, 5.74) is 4.06. The lowest BCUT2D eigenvalue weighted by atomic mass is 10.2. The van der Waals surface area contributed by atoms with Gasteiger partial charge in [0.05, 0.1) is 26.2 Å². The van der Waals surface area contributed by atoms with Crippen molar-refractivity contribution in [3.05, 3.63) is 53.1 Å². The van der Waals surface area contributed by atoms with Crippen molar-refractivity contribution in [2.24, 2.45) is 5.10 Å². The molecule has 162 valence electrons. The number of carbonyl (C=O) groups excluding carboxylic acids is 1. The molecule has 0 unspecified atom stereocenters. The first-order chi connectivity index (χ1) is 15.1. The standard InChI is InChI=1S/C21H22ClN5O3S/c1-4-27-20(14-9-10-17(29-2)18(11-14)30-3)25-26-21(27)31-13-19(28)24-23-12-15-7-5-6-8-16(15)22/h5-12H,4,13H2,1-3H3,(H,24,28). The molecule has 8 nitrogen and oxygen atoms in total. The predicted octanol–water partition coefficient (Wildman–Crippen LogP) is 3.88. The number of aromatic nitrogens is 3. The van der Waals surface area contributed by atoms with Crippen LogP contribution in [0.15, 0.2) is 52.7 Å². The summed E-state index contributed by atoms with van der Waals surface area (Å²) in [4.78, 5) is 12.2. The number of hydrogen-bond donors (Lipinski definition) is 1. The molecule has 1 amide bonds. The molecular formula is C21H22ClN5O3S. The van der Waals surface area contributed by atoms with Crippen molar-refractivity contribution in [3.8, 4) is 22.9 Å². The summed E-state index contributed by atoms with van der Waals surface area (Å²) in [7, 11) is 3.17. The summed E-state index contributed by atoms with van der Waals surface area (Å²) in [5.74, 6) is 1.81. The summed E-state index contributed by atoms with van der Waals surface area (Å²) in [6, 6.07) is 12.8. The summed E-state index contributed by atoms with van der Waals surface area (Å²) >= 11 is 7.35. The fourth-order valence-corrected chi connectivity index (χ4v) is 3.76. The van der Waals surface area contributed by atoms with E-state index in [0.717, 1.165) is 11.1 Å². The van der Waals surface area contributed by atoms with Crippen LogP contribution in [0.2, 0.25) is 5.02 Å². The molecule has 0 aliphatic heterocycles. The highest BCUT2D eigenvalue weighted by atomic mass is 35.5. The van der Waals surface area contributed by atoms with Crippen LogP contribution in [0.25, 0.3) is 11.4 Å². The van der Waals surface area contributed by atoms with E-state index in [1.807, 2.05) is 47.9 Å². The zero-order chi connectivity index (χ0) is 22.2. The largest absolute Gasteiger partial charge is 0.493 e. The predicted molar refractivity (Wildman–Crippen MR) is 122 cm³/mol. The number of halogens is 1. The van der Waals surface area contributed by atoms with Crippen molar-refractivity contribution in [1.29, 1.82) is 0 Å². The van der Waals surface area contributed by atoms with Gasteiger partial charge >= 0.3 is 0 Å². The average Bonchev–Trinajstić information content (AvgIpc) is 3.21. The van der Waals surface area contributed by atoms with Gasteiger partial charge in [-0.15, -0.1) is 10.2 Å². The first kappa shape index (κ1) is 22.6. The van der Waals surface area contributed by atoms with Crippen LogP contribution in [0.5, 0.6) is 11.5 Å². The van der Waals surface area contributed by atoms with Crippen molar-refractivity contribution < 1.29 is 14.3 Å². The Labute approximate surface area is 189 Å². The molecule has 2 aromatic carbocycles. The number of rotatable bonds is 9. The van der Waals surface area contributed by atoms with Gasteiger partial charge in [0, 0.05) is 22.7 Å². The molecule has 0 saturated carbocycles. The number of nitrogens with one attached hydrogen (secondary N) is 1. The normalized spacial score (nSPS) is 11.0. The molecule has 10 heteroatoms. The van der Waals surface area contributed by atoms with Crippen LogP contribution in [0.3, 0.4) is 0 Å². The molecule has 3 rings (SSSR count). The van der Waals surface area contributed by atoms with Gasteiger partial charge in [0.1, 0.15) is 0 Å². The first-order valence-electron chi connectivity index (χ1n) is 9.42. The highest BCUT2D eigenvalue weighted by Crippen LogP contribution is 2.32. The number of benzene rings is 2. The van der Waals surface area contributed by atoms with E-state index in [9.17, 15) is 4.79 Å². The number of amides is 1. The monoisotopic (exact) mass is 459 g/mol. The van der Waals surface area contributed by atoms with Crippen molar-refractivity contribution in [2.45, 2.75) is 18.6 Å². The lowest BCUT2D eigenvalue weighted by molar-refractivity contribution is -0.118. The molecule has 0 atom stereocenters. The molecule has 0 radical (unpaired) electrons. The van der Waals surface area contributed by atoms with Crippen molar-refractivity contribution >= 4 is 35.5 Å². The molecule has 1 heterocycles. The number of hydrazone groups is 1. The Bertz CT molecular complexity index is 1090. The first-order valence-corrected chi connectivity index (χ1v) is 10.8. The third-order valence-electron chi connectivity index (χ3n) is 4.31. The van der Waals surface area contributed by atoms with Crippen molar-refractivity contribution in [3.63, 3.8) is 0 Å². The van der Waals surface area contributed by atoms with Gasteiger partial charge in [-0.2, -0.15) is 5.10 Å². The van der Waals surface area contributed by atoms with E-state index in [1.165, 1.54) is 18.0 Å².